The first-order chi connectivity index (χ1) is 7.15. The molecule has 15 heavy (non-hydrogen) atoms. The number of hydrogen-bond acceptors (Lipinski definition) is 4. The van der Waals surface area contributed by atoms with Crippen molar-refractivity contribution in [2.45, 2.75) is 24.9 Å². The number of rotatable bonds is 3. The van der Waals surface area contributed by atoms with E-state index in [0.29, 0.717) is 11.9 Å². The quantitative estimate of drug-likeness (QED) is 0.820. The van der Waals surface area contributed by atoms with Crippen LogP contribution in [-0.4, -0.2) is 6.61 Å². The van der Waals surface area contributed by atoms with Gasteiger partial charge in [-0.15, -0.1) is 23.1 Å². The maximum Gasteiger partial charge on any atom is 0.122 e. The standard InChI is InChI=1S/C11H15NOS2/c1-4-13-6(2)9-10-7(3)14-5-8(10)15-11(9)12/h7H,2,4-5,12H2,1,3H3. The predicted octanol–water partition coefficient (Wildman–Crippen LogP) is 3.65. The van der Waals surface area contributed by atoms with Crippen molar-refractivity contribution < 1.29 is 4.74 Å². The summed E-state index contributed by atoms with van der Waals surface area (Å²) < 4.78 is 5.46. The van der Waals surface area contributed by atoms with Gasteiger partial charge in [0.1, 0.15) is 5.76 Å². The topological polar surface area (TPSA) is 35.2 Å². The van der Waals surface area contributed by atoms with Crippen LogP contribution in [0.2, 0.25) is 0 Å². The number of thiophene rings is 1. The third kappa shape index (κ3) is 1.76. The van der Waals surface area contributed by atoms with Gasteiger partial charge in [-0.25, -0.2) is 0 Å². The van der Waals surface area contributed by atoms with E-state index in [9.17, 15) is 0 Å². The monoisotopic (exact) mass is 241 g/mol. The summed E-state index contributed by atoms with van der Waals surface area (Å²) in [6.07, 6.45) is 0. The first-order valence-corrected chi connectivity index (χ1v) is 6.86. The second kappa shape index (κ2) is 4.10. The van der Waals surface area contributed by atoms with Crippen molar-refractivity contribution in [1.82, 2.24) is 0 Å². The van der Waals surface area contributed by atoms with Gasteiger partial charge in [0.25, 0.3) is 0 Å². The van der Waals surface area contributed by atoms with Gasteiger partial charge in [-0.2, -0.15) is 0 Å². The SMILES string of the molecule is C=C(OCC)c1c(N)sc2c1C(C)SC2. The Bertz CT molecular complexity index is 398. The van der Waals surface area contributed by atoms with Crippen LogP contribution in [0.15, 0.2) is 6.58 Å². The van der Waals surface area contributed by atoms with Gasteiger partial charge in [0.2, 0.25) is 0 Å². The smallest absolute Gasteiger partial charge is 0.122 e. The molecule has 1 aliphatic heterocycles. The number of thioether (sulfide) groups is 1. The van der Waals surface area contributed by atoms with Crippen LogP contribution in [0.5, 0.6) is 0 Å². The number of nitrogen functional groups attached to an aromatic ring is 1. The van der Waals surface area contributed by atoms with E-state index in [-0.39, 0.29) is 0 Å². The van der Waals surface area contributed by atoms with Crippen molar-refractivity contribution in [2.75, 3.05) is 12.3 Å². The average Bonchev–Trinajstić information content (AvgIpc) is 2.67. The summed E-state index contributed by atoms with van der Waals surface area (Å²) >= 11 is 3.63. The molecule has 0 aliphatic carbocycles. The third-order valence-electron chi connectivity index (χ3n) is 2.52. The molecule has 2 rings (SSSR count). The number of anilines is 1. The molecule has 82 valence electrons. The molecule has 0 saturated heterocycles. The van der Waals surface area contributed by atoms with Crippen molar-refractivity contribution in [3.8, 4) is 0 Å². The lowest BCUT2D eigenvalue weighted by Crippen LogP contribution is -1.97. The Labute approximate surface area is 98.5 Å². The number of fused-ring (bicyclic) bond motifs is 1. The molecule has 1 atom stereocenters. The Hall–Kier alpha value is -0.610. The van der Waals surface area contributed by atoms with Gasteiger partial charge in [0.15, 0.2) is 0 Å². The Morgan fingerprint density at radius 2 is 2.40 bits per heavy atom. The van der Waals surface area contributed by atoms with E-state index < -0.39 is 0 Å². The van der Waals surface area contributed by atoms with Crippen LogP contribution in [0.25, 0.3) is 5.76 Å². The lowest BCUT2D eigenvalue weighted by molar-refractivity contribution is 0.299. The third-order valence-corrected chi connectivity index (χ3v) is 4.93. The molecular weight excluding hydrogens is 226 g/mol. The molecular formula is C11H15NOS2. The minimum absolute atomic E-state index is 0.515. The molecule has 0 aromatic carbocycles. The van der Waals surface area contributed by atoms with E-state index in [1.165, 1.54) is 10.4 Å². The molecule has 2 heterocycles. The minimum atomic E-state index is 0.515. The first kappa shape index (κ1) is 10.9. The molecule has 0 fully saturated rings. The molecule has 1 unspecified atom stereocenters. The number of hydrogen-bond donors (Lipinski definition) is 1. The fourth-order valence-corrected chi connectivity index (χ4v) is 4.34. The highest BCUT2D eigenvalue weighted by molar-refractivity contribution is 7.99. The van der Waals surface area contributed by atoms with Gasteiger partial charge in [0, 0.05) is 15.9 Å². The van der Waals surface area contributed by atoms with E-state index >= 15 is 0 Å². The highest BCUT2D eigenvalue weighted by Gasteiger charge is 2.28. The van der Waals surface area contributed by atoms with Crippen molar-refractivity contribution in [2.24, 2.45) is 0 Å². The predicted molar refractivity (Wildman–Crippen MR) is 69.1 cm³/mol. The van der Waals surface area contributed by atoms with Crippen LogP contribution in [0, 0.1) is 0 Å². The van der Waals surface area contributed by atoms with Crippen molar-refractivity contribution >= 4 is 33.9 Å². The largest absolute Gasteiger partial charge is 0.494 e. The molecule has 1 aliphatic rings. The molecule has 0 amide bonds. The summed E-state index contributed by atoms with van der Waals surface area (Å²) in [6.45, 7) is 8.78. The van der Waals surface area contributed by atoms with Crippen LogP contribution < -0.4 is 5.73 Å². The highest BCUT2D eigenvalue weighted by atomic mass is 32.2. The molecule has 0 saturated carbocycles. The molecule has 0 bridgehead atoms. The number of ether oxygens (including phenoxy) is 1. The van der Waals surface area contributed by atoms with Crippen LogP contribution in [0.1, 0.15) is 35.1 Å². The van der Waals surface area contributed by atoms with Crippen molar-refractivity contribution in [3.63, 3.8) is 0 Å². The van der Waals surface area contributed by atoms with E-state index in [1.54, 1.807) is 11.3 Å². The van der Waals surface area contributed by atoms with Gasteiger partial charge < -0.3 is 10.5 Å². The Morgan fingerprint density at radius 1 is 1.67 bits per heavy atom. The average molecular weight is 241 g/mol. The summed E-state index contributed by atoms with van der Waals surface area (Å²) in [4.78, 5) is 1.39. The fourth-order valence-electron chi connectivity index (χ4n) is 1.87. The number of nitrogens with two attached hydrogens (primary N) is 1. The van der Waals surface area contributed by atoms with E-state index in [0.717, 1.165) is 22.1 Å². The molecule has 0 radical (unpaired) electrons. The van der Waals surface area contributed by atoms with Gasteiger partial charge in [-0.3, -0.25) is 0 Å². The Morgan fingerprint density at radius 3 is 3.07 bits per heavy atom. The lowest BCUT2D eigenvalue weighted by atomic mass is 10.1. The van der Waals surface area contributed by atoms with Crippen LogP contribution in [0.3, 0.4) is 0 Å². The van der Waals surface area contributed by atoms with Gasteiger partial charge in [0.05, 0.1) is 17.2 Å². The summed E-state index contributed by atoms with van der Waals surface area (Å²) in [7, 11) is 0. The Balaban J connectivity index is 2.42. The summed E-state index contributed by atoms with van der Waals surface area (Å²) in [5, 5.41) is 1.37. The second-order valence-corrected chi connectivity index (χ2v) is 5.95. The van der Waals surface area contributed by atoms with E-state index in [2.05, 4.69) is 13.5 Å². The zero-order chi connectivity index (χ0) is 11.0. The summed E-state index contributed by atoms with van der Waals surface area (Å²) in [5.41, 5.74) is 8.41. The zero-order valence-corrected chi connectivity index (χ0v) is 10.6. The molecule has 0 spiro atoms. The first-order valence-electron chi connectivity index (χ1n) is 4.99. The fraction of sp³-hybridized carbons (Fsp3) is 0.455. The molecule has 4 heteroatoms. The van der Waals surface area contributed by atoms with Crippen LogP contribution in [-0.2, 0) is 10.5 Å². The lowest BCUT2D eigenvalue weighted by Gasteiger charge is -2.11. The molecule has 2 N–H and O–H groups in total. The highest BCUT2D eigenvalue weighted by Crippen LogP contribution is 2.50. The van der Waals surface area contributed by atoms with E-state index in [4.69, 9.17) is 10.5 Å². The van der Waals surface area contributed by atoms with Gasteiger partial charge in [-0.1, -0.05) is 6.58 Å². The van der Waals surface area contributed by atoms with E-state index in [1.807, 2.05) is 18.7 Å². The van der Waals surface area contributed by atoms with Crippen LogP contribution in [0.4, 0.5) is 5.00 Å². The molecule has 1 aromatic rings. The summed E-state index contributed by atoms with van der Waals surface area (Å²) in [6, 6.07) is 0. The second-order valence-electron chi connectivity index (χ2n) is 3.49. The maximum atomic E-state index is 6.01. The van der Waals surface area contributed by atoms with Crippen molar-refractivity contribution in [3.05, 3.63) is 22.6 Å². The minimum Gasteiger partial charge on any atom is -0.494 e. The normalized spacial score (nSPS) is 18.9. The van der Waals surface area contributed by atoms with Crippen molar-refractivity contribution in [1.29, 1.82) is 0 Å². The van der Waals surface area contributed by atoms with Crippen LogP contribution >= 0.6 is 23.1 Å². The molecule has 1 aromatic heterocycles. The Kier molecular flexibility index (Phi) is 2.98. The maximum absolute atomic E-state index is 6.01. The zero-order valence-electron chi connectivity index (χ0n) is 9.00. The van der Waals surface area contributed by atoms with Gasteiger partial charge >= 0.3 is 0 Å². The van der Waals surface area contributed by atoms with Gasteiger partial charge in [-0.05, 0) is 19.4 Å². The summed E-state index contributed by atoms with van der Waals surface area (Å²) in [5.74, 6) is 1.80. The molecule has 2 nitrogen and oxygen atoms in total.